The Balaban J connectivity index is 1.61. The number of hydrogen-bond donors (Lipinski definition) is 1. The minimum absolute atomic E-state index is 0.0974. The first-order valence-corrected chi connectivity index (χ1v) is 13.0. The van der Waals surface area contributed by atoms with Gasteiger partial charge in [-0.25, -0.2) is 8.42 Å². The quantitative estimate of drug-likeness (QED) is 0.685. The Bertz CT molecular complexity index is 1060. The van der Waals surface area contributed by atoms with Crippen LogP contribution in [0, 0.1) is 6.92 Å². The summed E-state index contributed by atoms with van der Waals surface area (Å²) >= 11 is 6.16. The monoisotopic (exact) mass is 476 g/mol. The molecule has 0 unspecified atom stereocenters. The van der Waals surface area contributed by atoms with Crippen LogP contribution in [-0.2, 0) is 14.8 Å². The van der Waals surface area contributed by atoms with E-state index >= 15 is 0 Å². The highest BCUT2D eigenvalue weighted by Gasteiger charge is 2.38. The van der Waals surface area contributed by atoms with E-state index in [9.17, 15) is 13.2 Å². The predicted molar refractivity (Wildman–Crippen MR) is 126 cm³/mol. The molecule has 0 bridgehead atoms. The number of carbonyl (C=O) groups is 1. The van der Waals surface area contributed by atoms with Crippen LogP contribution in [-0.4, -0.2) is 33.0 Å². The highest BCUT2D eigenvalue weighted by molar-refractivity contribution is 7.92. The van der Waals surface area contributed by atoms with Gasteiger partial charge in [0.05, 0.1) is 17.1 Å². The first-order chi connectivity index (χ1) is 15.3. The molecule has 172 valence electrons. The van der Waals surface area contributed by atoms with Gasteiger partial charge < -0.3 is 10.1 Å². The summed E-state index contributed by atoms with van der Waals surface area (Å²) in [5.74, 6) is 0.0504. The summed E-state index contributed by atoms with van der Waals surface area (Å²) in [7, 11) is -3.90. The Morgan fingerprint density at radius 2 is 1.69 bits per heavy atom. The maximum Gasteiger partial charge on any atom is 0.264 e. The number of hydrogen-bond acceptors (Lipinski definition) is 4. The Kier molecular flexibility index (Phi) is 6.96. The van der Waals surface area contributed by atoms with Gasteiger partial charge in [0.15, 0.2) is 6.10 Å². The van der Waals surface area contributed by atoms with Crippen LogP contribution in [0.5, 0.6) is 5.75 Å². The summed E-state index contributed by atoms with van der Waals surface area (Å²) in [6.07, 6.45) is 6.74. The van der Waals surface area contributed by atoms with Gasteiger partial charge in [0, 0.05) is 11.1 Å². The Morgan fingerprint density at radius 3 is 2.38 bits per heavy atom. The lowest BCUT2D eigenvalue weighted by molar-refractivity contribution is -0.128. The van der Waals surface area contributed by atoms with E-state index in [4.69, 9.17) is 16.3 Å². The molecule has 1 saturated carbocycles. The molecule has 0 spiro atoms. The van der Waals surface area contributed by atoms with Crippen molar-refractivity contribution < 1.29 is 17.9 Å². The van der Waals surface area contributed by atoms with Crippen LogP contribution in [0.25, 0.3) is 0 Å². The Labute approximate surface area is 195 Å². The van der Waals surface area contributed by atoms with E-state index in [1.165, 1.54) is 23.6 Å². The molecule has 1 aliphatic carbocycles. The molecule has 4 rings (SSSR count). The molecule has 2 aromatic carbocycles. The summed E-state index contributed by atoms with van der Waals surface area (Å²) in [4.78, 5) is 13.3. The van der Waals surface area contributed by atoms with Crippen molar-refractivity contribution in [3.63, 3.8) is 0 Å². The second kappa shape index (κ2) is 9.71. The molecule has 32 heavy (non-hydrogen) atoms. The molecule has 1 amide bonds. The molecule has 1 N–H and O–H groups in total. The van der Waals surface area contributed by atoms with Crippen molar-refractivity contribution >= 4 is 33.2 Å². The molecular formula is C24H29ClN2O4S. The lowest BCUT2D eigenvalue weighted by Gasteiger charge is -2.35. The number of ether oxygens (including phenoxy) is 1. The number of rotatable bonds is 4. The summed E-state index contributed by atoms with van der Waals surface area (Å²) < 4.78 is 34.2. The Morgan fingerprint density at radius 1 is 1.03 bits per heavy atom. The molecule has 0 saturated heterocycles. The second-order valence-corrected chi connectivity index (χ2v) is 10.9. The van der Waals surface area contributed by atoms with Crippen molar-refractivity contribution in [2.24, 2.45) is 0 Å². The number of benzene rings is 2. The van der Waals surface area contributed by atoms with Crippen LogP contribution < -0.4 is 14.4 Å². The second-order valence-electron chi connectivity index (χ2n) is 8.62. The molecule has 8 heteroatoms. The van der Waals surface area contributed by atoms with E-state index in [1.807, 2.05) is 6.92 Å². The highest BCUT2D eigenvalue weighted by atomic mass is 35.5. The van der Waals surface area contributed by atoms with Gasteiger partial charge in [-0.1, -0.05) is 61.4 Å². The highest BCUT2D eigenvalue weighted by Crippen LogP contribution is 2.39. The first kappa shape index (κ1) is 22.9. The number of anilines is 1. The minimum atomic E-state index is -3.90. The summed E-state index contributed by atoms with van der Waals surface area (Å²) in [5.41, 5.74) is 1.30. The van der Waals surface area contributed by atoms with E-state index in [0.29, 0.717) is 16.5 Å². The SMILES string of the molecule is Cc1ccc(S(=O)(=O)N2C[C@H](C(=O)NC3CCCCCCC3)Oc3ccc(Cl)cc32)cc1. The van der Waals surface area contributed by atoms with Gasteiger partial charge in [0.1, 0.15) is 5.75 Å². The van der Waals surface area contributed by atoms with Crippen molar-refractivity contribution in [3.05, 3.63) is 53.1 Å². The number of aryl methyl sites for hydroxylation is 1. The van der Waals surface area contributed by atoms with E-state index in [-0.39, 0.29) is 23.4 Å². The molecule has 0 aromatic heterocycles. The third kappa shape index (κ3) is 5.04. The number of nitrogens with one attached hydrogen (secondary N) is 1. The standard InChI is InChI=1S/C24H29ClN2O4S/c1-17-9-12-20(13-10-17)32(29,30)27-16-23(31-22-14-11-18(25)15-21(22)27)24(28)26-19-7-5-3-2-4-6-8-19/h9-15,19,23H,2-8,16H2,1H3,(H,26,28)/t23-/m1/s1. The first-order valence-electron chi connectivity index (χ1n) is 11.2. The summed E-state index contributed by atoms with van der Waals surface area (Å²) in [6.45, 7) is 1.79. The van der Waals surface area contributed by atoms with Crippen molar-refractivity contribution in [1.82, 2.24) is 5.32 Å². The smallest absolute Gasteiger partial charge is 0.264 e. The van der Waals surface area contributed by atoms with Gasteiger partial charge in [-0.2, -0.15) is 0 Å². The fraction of sp³-hybridized carbons (Fsp3) is 0.458. The average Bonchev–Trinajstić information content (AvgIpc) is 2.75. The summed E-state index contributed by atoms with van der Waals surface area (Å²) in [5, 5.41) is 3.50. The molecule has 1 heterocycles. The van der Waals surface area contributed by atoms with Crippen LogP contribution in [0.4, 0.5) is 5.69 Å². The number of amides is 1. The van der Waals surface area contributed by atoms with E-state index in [1.54, 1.807) is 42.5 Å². The largest absolute Gasteiger partial charge is 0.476 e. The van der Waals surface area contributed by atoms with Gasteiger partial charge in [0.2, 0.25) is 0 Å². The zero-order valence-corrected chi connectivity index (χ0v) is 19.8. The third-order valence-corrected chi connectivity index (χ3v) is 8.17. The van der Waals surface area contributed by atoms with E-state index in [2.05, 4.69) is 5.32 Å². The Hall–Kier alpha value is -2.25. The van der Waals surface area contributed by atoms with Crippen LogP contribution in [0.3, 0.4) is 0 Å². The third-order valence-electron chi connectivity index (χ3n) is 6.14. The molecule has 1 atom stereocenters. The van der Waals surface area contributed by atoms with Gasteiger partial charge >= 0.3 is 0 Å². The maximum atomic E-state index is 13.5. The minimum Gasteiger partial charge on any atom is -0.476 e. The van der Waals surface area contributed by atoms with Gasteiger partial charge in [-0.3, -0.25) is 9.10 Å². The van der Waals surface area contributed by atoms with Crippen molar-refractivity contribution in [2.45, 2.75) is 68.9 Å². The van der Waals surface area contributed by atoms with Crippen molar-refractivity contribution in [1.29, 1.82) is 0 Å². The number of halogens is 1. The predicted octanol–water partition coefficient (Wildman–Crippen LogP) is 4.83. The fourth-order valence-electron chi connectivity index (χ4n) is 4.32. The number of fused-ring (bicyclic) bond motifs is 1. The maximum absolute atomic E-state index is 13.5. The molecule has 1 aliphatic heterocycles. The van der Waals surface area contributed by atoms with E-state index in [0.717, 1.165) is 31.2 Å². The lowest BCUT2D eigenvalue weighted by atomic mass is 9.96. The zero-order chi connectivity index (χ0) is 22.7. The van der Waals surface area contributed by atoms with Crippen LogP contribution in [0.1, 0.15) is 50.5 Å². The number of carbonyl (C=O) groups excluding carboxylic acids is 1. The van der Waals surface area contributed by atoms with Gasteiger partial charge in [-0.15, -0.1) is 0 Å². The molecule has 1 fully saturated rings. The molecule has 2 aromatic rings. The molecular weight excluding hydrogens is 448 g/mol. The van der Waals surface area contributed by atoms with Crippen molar-refractivity contribution in [3.8, 4) is 5.75 Å². The van der Waals surface area contributed by atoms with Gasteiger partial charge in [-0.05, 0) is 50.1 Å². The molecule has 0 radical (unpaired) electrons. The van der Waals surface area contributed by atoms with Crippen molar-refractivity contribution in [2.75, 3.05) is 10.8 Å². The molecule has 2 aliphatic rings. The van der Waals surface area contributed by atoms with Crippen LogP contribution in [0.2, 0.25) is 5.02 Å². The van der Waals surface area contributed by atoms with Crippen LogP contribution in [0.15, 0.2) is 47.4 Å². The topological polar surface area (TPSA) is 75.7 Å². The van der Waals surface area contributed by atoms with Crippen LogP contribution >= 0.6 is 11.6 Å². The number of sulfonamides is 1. The number of nitrogens with zero attached hydrogens (tertiary/aromatic N) is 1. The normalized spacial score (nSPS) is 19.9. The molecule has 6 nitrogen and oxygen atoms in total. The van der Waals surface area contributed by atoms with E-state index < -0.39 is 16.1 Å². The fourth-order valence-corrected chi connectivity index (χ4v) is 5.95. The average molecular weight is 477 g/mol. The lowest BCUT2D eigenvalue weighted by Crippen LogP contribution is -2.52. The van der Waals surface area contributed by atoms with Gasteiger partial charge in [0.25, 0.3) is 15.9 Å². The zero-order valence-electron chi connectivity index (χ0n) is 18.2. The summed E-state index contributed by atoms with van der Waals surface area (Å²) in [6, 6.07) is 11.6.